The van der Waals surface area contributed by atoms with Crippen LogP contribution in [0.25, 0.3) is 5.65 Å². The van der Waals surface area contributed by atoms with Crippen molar-refractivity contribution >= 4 is 27.5 Å². The average Bonchev–Trinajstić information content (AvgIpc) is 2.58. The van der Waals surface area contributed by atoms with Crippen molar-refractivity contribution in [3.8, 4) is 0 Å². The van der Waals surface area contributed by atoms with Crippen LogP contribution in [-0.4, -0.2) is 27.7 Å². The first-order valence-electron chi connectivity index (χ1n) is 4.22. The summed E-state index contributed by atoms with van der Waals surface area (Å²) in [6.07, 6.45) is 1.59. The summed E-state index contributed by atoms with van der Waals surface area (Å²) in [6, 6.07) is 1.64. The molecule has 0 fully saturated rings. The van der Waals surface area contributed by atoms with E-state index in [1.807, 2.05) is 6.92 Å². The van der Waals surface area contributed by atoms with Crippen LogP contribution in [0.2, 0.25) is 0 Å². The lowest BCUT2D eigenvalue weighted by atomic mass is 10.3. The normalized spacial score (nSPS) is 10.6. The largest absolute Gasteiger partial charge is 0.464 e. The fourth-order valence-corrected chi connectivity index (χ4v) is 1.66. The number of aryl methyl sites for hydroxylation is 1. The second-order valence-corrected chi connectivity index (χ2v) is 3.86. The maximum atomic E-state index is 11.5. The molecule has 78 valence electrons. The topological polar surface area (TPSA) is 56.5 Å². The van der Waals surface area contributed by atoms with Gasteiger partial charge in [0.15, 0.2) is 11.3 Å². The lowest BCUT2D eigenvalue weighted by Crippen LogP contribution is -2.10. The SMILES string of the molecule is COC(=O)c1cc(C)nc2c(Br)cnn12. The number of hydrogen-bond acceptors (Lipinski definition) is 4. The quantitative estimate of drug-likeness (QED) is 0.738. The summed E-state index contributed by atoms with van der Waals surface area (Å²) >= 11 is 3.31. The van der Waals surface area contributed by atoms with Gasteiger partial charge in [-0.25, -0.2) is 14.3 Å². The van der Waals surface area contributed by atoms with Gasteiger partial charge in [0.1, 0.15) is 0 Å². The molecule has 0 spiro atoms. The number of nitrogens with zero attached hydrogens (tertiary/aromatic N) is 3. The van der Waals surface area contributed by atoms with E-state index < -0.39 is 5.97 Å². The zero-order valence-corrected chi connectivity index (χ0v) is 9.78. The maximum absolute atomic E-state index is 11.5. The summed E-state index contributed by atoms with van der Waals surface area (Å²) in [5.41, 5.74) is 1.71. The van der Waals surface area contributed by atoms with Gasteiger partial charge in [0.2, 0.25) is 0 Å². The van der Waals surface area contributed by atoms with Gasteiger partial charge in [-0.1, -0.05) is 0 Å². The number of hydrogen-bond donors (Lipinski definition) is 0. The van der Waals surface area contributed by atoms with Gasteiger partial charge < -0.3 is 4.74 Å². The molecule has 2 heterocycles. The number of aromatic nitrogens is 3. The minimum Gasteiger partial charge on any atom is -0.464 e. The molecule has 2 rings (SSSR count). The van der Waals surface area contributed by atoms with E-state index in [0.29, 0.717) is 11.3 Å². The van der Waals surface area contributed by atoms with Crippen LogP contribution in [-0.2, 0) is 4.74 Å². The van der Waals surface area contributed by atoms with Gasteiger partial charge in [0, 0.05) is 5.69 Å². The number of methoxy groups -OCH3 is 1. The molecule has 0 bridgehead atoms. The molecule has 5 nitrogen and oxygen atoms in total. The van der Waals surface area contributed by atoms with Crippen molar-refractivity contribution in [2.24, 2.45) is 0 Å². The summed E-state index contributed by atoms with van der Waals surface area (Å²) in [4.78, 5) is 15.7. The molecule has 2 aromatic heterocycles. The highest BCUT2D eigenvalue weighted by molar-refractivity contribution is 9.10. The molecule has 15 heavy (non-hydrogen) atoms. The number of rotatable bonds is 1. The van der Waals surface area contributed by atoms with Crippen LogP contribution in [0.3, 0.4) is 0 Å². The first-order chi connectivity index (χ1) is 7.13. The molecule has 6 heteroatoms. The van der Waals surface area contributed by atoms with Crippen molar-refractivity contribution in [3.63, 3.8) is 0 Å². The summed E-state index contributed by atoms with van der Waals surface area (Å²) in [5.74, 6) is -0.430. The van der Waals surface area contributed by atoms with Crippen molar-refractivity contribution in [2.45, 2.75) is 6.92 Å². The predicted octanol–water partition coefficient (Wildman–Crippen LogP) is 1.59. The van der Waals surface area contributed by atoms with E-state index >= 15 is 0 Å². The van der Waals surface area contributed by atoms with Crippen molar-refractivity contribution in [2.75, 3.05) is 7.11 Å². The van der Waals surface area contributed by atoms with Crippen LogP contribution in [0, 0.1) is 6.92 Å². The Hall–Kier alpha value is -1.43. The van der Waals surface area contributed by atoms with Crippen molar-refractivity contribution in [3.05, 3.63) is 28.1 Å². The monoisotopic (exact) mass is 269 g/mol. The Balaban J connectivity index is 2.78. The highest BCUT2D eigenvalue weighted by Gasteiger charge is 2.14. The fourth-order valence-electron chi connectivity index (χ4n) is 1.31. The van der Waals surface area contributed by atoms with Gasteiger partial charge in [0.05, 0.1) is 17.8 Å². The Bertz CT molecular complexity index is 535. The molecule has 0 atom stereocenters. The molecule has 0 N–H and O–H groups in total. The summed E-state index contributed by atoms with van der Waals surface area (Å²) in [7, 11) is 1.34. The molecule has 0 saturated heterocycles. The standard InChI is InChI=1S/C9H8BrN3O2/c1-5-3-7(9(14)15-2)13-8(12-5)6(10)4-11-13/h3-4H,1-2H3. The number of fused-ring (bicyclic) bond motifs is 1. The second kappa shape index (κ2) is 3.62. The highest BCUT2D eigenvalue weighted by atomic mass is 79.9. The second-order valence-electron chi connectivity index (χ2n) is 3.00. The minimum absolute atomic E-state index is 0.366. The number of halogens is 1. The molecular weight excluding hydrogens is 262 g/mol. The van der Waals surface area contributed by atoms with E-state index in [2.05, 4.69) is 30.7 Å². The van der Waals surface area contributed by atoms with Gasteiger partial charge in [-0.2, -0.15) is 5.10 Å². The number of esters is 1. The van der Waals surface area contributed by atoms with Crippen LogP contribution < -0.4 is 0 Å². The van der Waals surface area contributed by atoms with Crippen molar-refractivity contribution < 1.29 is 9.53 Å². The molecule has 2 aromatic rings. The average molecular weight is 270 g/mol. The summed E-state index contributed by atoms with van der Waals surface area (Å²) in [5, 5.41) is 4.03. The lowest BCUT2D eigenvalue weighted by Gasteiger charge is -2.03. The smallest absolute Gasteiger partial charge is 0.356 e. The Kier molecular flexibility index (Phi) is 2.44. The Labute approximate surface area is 94.2 Å². The van der Waals surface area contributed by atoms with E-state index in [0.717, 1.165) is 10.2 Å². The summed E-state index contributed by atoms with van der Waals surface area (Å²) < 4.78 is 6.86. The van der Waals surface area contributed by atoms with E-state index in [4.69, 9.17) is 0 Å². The van der Waals surface area contributed by atoms with Crippen LogP contribution in [0.15, 0.2) is 16.7 Å². The fraction of sp³-hybridized carbons (Fsp3) is 0.222. The van der Waals surface area contributed by atoms with Crippen LogP contribution in [0.5, 0.6) is 0 Å². The third-order valence-corrected chi connectivity index (χ3v) is 2.51. The Morgan fingerprint density at radius 2 is 2.33 bits per heavy atom. The zero-order chi connectivity index (χ0) is 11.0. The molecule has 0 unspecified atom stereocenters. The van der Waals surface area contributed by atoms with Gasteiger partial charge in [-0.05, 0) is 28.9 Å². The highest BCUT2D eigenvalue weighted by Crippen LogP contribution is 2.17. The predicted molar refractivity (Wildman–Crippen MR) is 56.8 cm³/mol. The van der Waals surface area contributed by atoms with Gasteiger partial charge in [-0.3, -0.25) is 0 Å². The lowest BCUT2D eigenvalue weighted by molar-refractivity contribution is 0.0590. The molecule has 0 aliphatic rings. The summed E-state index contributed by atoms with van der Waals surface area (Å²) in [6.45, 7) is 1.81. The van der Waals surface area contributed by atoms with Crippen molar-refractivity contribution in [1.29, 1.82) is 0 Å². The molecular formula is C9H8BrN3O2. The van der Waals surface area contributed by atoms with E-state index in [1.54, 1.807) is 12.3 Å². The molecule has 0 aliphatic carbocycles. The van der Waals surface area contributed by atoms with Crippen LogP contribution >= 0.6 is 15.9 Å². The van der Waals surface area contributed by atoms with Crippen molar-refractivity contribution in [1.82, 2.24) is 14.6 Å². The number of carbonyl (C=O) groups is 1. The molecule has 0 saturated carbocycles. The Morgan fingerprint density at radius 1 is 1.60 bits per heavy atom. The Morgan fingerprint density at radius 3 is 3.00 bits per heavy atom. The van der Waals surface area contributed by atoms with E-state index in [9.17, 15) is 4.79 Å². The van der Waals surface area contributed by atoms with Gasteiger partial charge in [-0.15, -0.1) is 0 Å². The molecule has 0 amide bonds. The number of carbonyl (C=O) groups excluding carboxylic acids is 1. The van der Waals surface area contributed by atoms with Gasteiger partial charge >= 0.3 is 5.97 Å². The van der Waals surface area contributed by atoms with Crippen LogP contribution in [0.1, 0.15) is 16.2 Å². The molecule has 0 aromatic carbocycles. The molecule has 0 radical (unpaired) electrons. The molecule has 0 aliphatic heterocycles. The first kappa shape index (κ1) is 10.1. The zero-order valence-electron chi connectivity index (χ0n) is 8.19. The van der Waals surface area contributed by atoms with Gasteiger partial charge in [0.25, 0.3) is 0 Å². The third-order valence-electron chi connectivity index (χ3n) is 1.95. The van der Waals surface area contributed by atoms with Crippen LogP contribution in [0.4, 0.5) is 0 Å². The maximum Gasteiger partial charge on any atom is 0.356 e. The first-order valence-corrected chi connectivity index (χ1v) is 5.02. The third kappa shape index (κ3) is 1.61. The minimum atomic E-state index is -0.430. The van der Waals surface area contributed by atoms with E-state index in [1.165, 1.54) is 11.6 Å². The number of ether oxygens (including phenoxy) is 1. The van der Waals surface area contributed by atoms with E-state index in [-0.39, 0.29) is 0 Å².